The normalized spacial score (nSPS) is 15.7. The van der Waals surface area contributed by atoms with Crippen LogP contribution in [0.2, 0.25) is 19.6 Å². The van der Waals surface area contributed by atoms with Crippen molar-refractivity contribution in [2.75, 3.05) is 0 Å². The van der Waals surface area contributed by atoms with E-state index in [0.29, 0.717) is 0 Å². The molecule has 1 aliphatic carbocycles. The molecule has 1 aliphatic rings. The smallest absolute Gasteiger partial charge is 0.0738 e. The Morgan fingerprint density at radius 2 is 1.19 bits per heavy atom. The van der Waals surface area contributed by atoms with Gasteiger partial charge >= 0.3 is 0 Å². The highest BCUT2D eigenvalue weighted by molar-refractivity contribution is 6.83. The molecule has 0 aliphatic heterocycles. The lowest BCUT2D eigenvalue weighted by Gasteiger charge is -2.20. The van der Waals surface area contributed by atoms with Crippen LogP contribution in [0.15, 0.2) is 23.4 Å². The lowest BCUT2D eigenvalue weighted by Crippen LogP contribution is -2.22. The molecule has 0 amide bonds. The number of allylic oxidation sites excluding steroid dienone is 4. The molecule has 0 aromatic heterocycles. The van der Waals surface area contributed by atoms with Crippen molar-refractivity contribution >= 4 is 8.07 Å². The molecule has 1 aromatic carbocycles. The SMILES string of the molecule is Cc1c(C)c(C)c(C[C]2C=CC([Si](C)(C)C)=C2)c(C)c1C. The summed E-state index contributed by atoms with van der Waals surface area (Å²) in [5.41, 5.74) is 8.87. The van der Waals surface area contributed by atoms with Gasteiger partial charge in [-0.05, 0) is 74.4 Å². The van der Waals surface area contributed by atoms with Crippen molar-refractivity contribution in [2.45, 2.75) is 60.7 Å². The molecule has 0 saturated carbocycles. The zero-order chi connectivity index (χ0) is 15.9. The fraction of sp³-hybridized carbons (Fsp3) is 0.450. The Hall–Kier alpha value is -1.08. The van der Waals surface area contributed by atoms with Crippen LogP contribution in [0.4, 0.5) is 0 Å². The highest BCUT2D eigenvalue weighted by atomic mass is 28.3. The summed E-state index contributed by atoms with van der Waals surface area (Å²) in [5, 5.41) is 1.58. The van der Waals surface area contributed by atoms with Gasteiger partial charge in [-0.15, -0.1) is 0 Å². The van der Waals surface area contributed by atoms with Crippen molar-refractivity contribution in [3.05, 3.63) is 62.7 Å². The van der Waals surface area contributed by atoms with Crippen molar-refractivity contribution in [3.63, 3.8) is 0 Å². The van der Waals surface area contributed by atoms with Crippen molar-refractivity contribution in [2.24, 2.45) is 0 Å². The van der Waals surface area contributed by atoms with Gasteiger partial charge in [-0.1, -0.05) is 43.1 Å². The van der Waals surface area contributed by atoms with Gasteiger partial charge in [0.05, 0.1) is 8.07 Å². The largest absolute Gasteiger partial charge is 0.0772 e. The van der Waals surface area contributed by atoms with E-state index in [4.69, 9.17) is 0 Å². The van der Waals surface area contributed by atoms with Gasteiger partial charge in [0.15, 0.2) is 0 Å². The molecule has 1 aromatic rings. The Balaban J connectivity index is 2.35. The number of hydrogen-bond donors (Lipinski definition) is 0. The Morgan fingerprint density at radius 1 is 0.714 bits per heavy atom. The molecule has 0 spiro atoms. The maximum atomic E-state index is 2.44. The van der Waals surface area contributed by atoms with Crippen LogP contribution in [0.3, 0.4) is 0 Å². The molecule has 0 N–H and O–H groups in total. The Labute approximate surface area is 132 Å². The van der Waals surface area contributed by atoms with E-state index in [9.17, 15) is 0 Å². The van der Waals surface area contributed by atoms with Gasteiger partial charge in [0.1, 0.15) is 0 Å². The second kappa shape index (κ2) is 5.60. The van der Waals surface area contributed by atoms with E-state index in [0.717, 1.165) is 6.42 Å². The minimum atomic E-state index is -1.19. The van der Waals surface area contributed by atoms with Crippen LogP contribution in [-0.4, -0.2) is 8.07 Å². The zero-order valence-corrected chi connectivity index (χ0v) is 15.9. The fourth-order valence-corrected chi connectivity index (χ4v) is 4.32. The molecule has 0 nitrogen and oxygen atoms in total. The molecule has 0 bridgehead atoms. The minimum Gasteiger partial charge on any atom is -0.0738 e. The van der Waals surface area contributed by atoms with Crippen molar-refractivity contribution < 1.29 is 0 Å². The second-order valence-electron chi connectivity index (χ2n) is 7.54. The van der Waals surface area contributed by atoms with Crippen LogP contribution in [0, 0.1) is 40.5 Å². The molecule has 0 atom stereocenters. The van der Waals surface area contributed by atoms with Crippen molar-refractivity contribution in [1.29, 1.82) is 0 Å². The maximum absolute atomic E-state index is 2.44. The molecule has 1 heteroatoms. The first-order chi connectivity index (χ1) is 9.62. The van der Waals surface area contributed by atoms with E-state index in [1.54, 1.807) is 5.20 Å². The van der Waals surface area contributed by atoms with Gasteiger partial charge < -0.3 is 0 Å². The number of rotatable bonds is 3. The average molecular weight is 298 g/mol. The maximum Gasteiger partial charge on any atom is 0.0772 e. The highest BCUT2D eigenvalue weighted by Crippen LogP contribution is 2.32. The molecule has 0 fully saturated rings. The van der Waals surface area contributed by atoms with Crippen LogP contribution in [-0.2, 0) is 6.42 Å². The van der Waals surface area contributed by atoms with E-state index in [1.165, 1.54) is 39.3 Å². The van der Waals surface area contributed by atoms with Gasteiger partial charge in [0.2, 0.25) is 0 Å². The summed E-state index contributed by atoms with van der Waals surface area (Å²) in [7, 11) is -1.19. The lowest BCUT2D eigenvalue weighted by molar-refractivity contribution is 1.02. The molecule has 0 heterocycles. The summed E-state index contributed by atoms with van der Waals surface area (Å²) in [6.07, 6.45) is 8.19. The summed E-state index contributed by atoms with van der Waals surface area (Å²) in [5.74, 6) is 1.47. The Bertz CT molecular complexity index is 595. The summed E-state index contributed by atoms with van der Waals surface area (Å²) in [6.45, 7) is 18.6. The van der Waals surface area contributed by atoms with E-state index >= 15 is 0 Å². The monoisotopic (exact) mass is 297 g/mol. The van der Waals surface area contributed by atoms with Crippen LogP contribution in [0.5, 0.6) is 0 Å². The first-order valence-electron chi connectivity index (χ1n) is 7.95. The molecule has 0 saturated heterocycles. The molecule has 1 radical (unpaired) electrons. The van der Waals surface area contributed by atoms with Gasteiger partial charge in [0, 0.05) is 5.92 Å². The third-order valence-electron chi connectivity index (χ3n) is 5.22. The second-order valence-corrected chi connectivity index (χ2v) is 12.6. The topological polar surface area (TPSA) is 0 Å². The summed E-state index contributed by atoms with van der Waals surface area (Å²) in [6, 6.07) is 0. The minimum absolute atomic E-state index is 1.07. The molecule has 113 valence electrons. The van der Waals surface area contributed by atoms with E-state index < -0.39 is 8.07 Å². The quantitative estimate of drug-likeness (QED) is 0.626. The third-order valence-corrected chi connectivity index (χ3v) is 7.26. The van der Waals surface area contributed by atoms with E-state index in [2.05, 4.69) is 72.5 Å². The van der Waals surface area contributed by atoms with Crippen LogP contribution >= 0.6 is 0 Å². The van der Waals surface area contributed by atoms with Gasteiger partial charge in [-0.25, -0.2) is 0 Å². The number of benzene rings is 1. The zero-order valence-electron chi connectivity index (χ0n) is 14.9. The van der Waals surface area contributed by atoms with Gasteiger partial charge in [0.25, 0.3) is 0 Å². The Kier molecular flexibility index (Phi) is 4.35. The fourth-order valence-electron chi connectivity index (χ4n) is 3.12. The molecule has 0 unspecified atom stereocenters. The number of hydrogen-bond acceptors (Lipinski definition) is 0. The van der Waals surface area contributed by atoms with Crippen LogP contribution in [0.1, 0.15) is 33.4 Å². The van der Waals surface area contributed by atoms with Gasteiger partial charge in [-0.3, -0.25) is 0 Å². The predicted octanol–water partition coefficient (Wildman–Crippen LogP) is 5.72. The summed E-state index contributed by atoms with van der Waals surface area (Å²) in [4.78, 5) is 0. The van der Waals surface area contributed by atoms with Gasteiger partial charge in [-0.2, -0.15) is 0 Å². The van der Waals surface area contributed by atoms with Crippen molar-refractivity contribution in [1.82, 2.24) is 0 Å². The first kappa shape index (κ1) is 16.3. The lowest BCUT2D eigenvalue weighted by atomic mass is 9.85. The summed E-state index contributed by atoms with van der Waals surface area (Å²) < 4.78 is 0. The molecule has 2 rings (SSSR count). The van der Waals surface area contributed by atoms with Crippen LogP contribution in [0.25, 0.3) is 0 Å². The predicted molar refractivity (Wildman–Crippen MR) is 97.6 cm³/mol. The standard InChI is InChI=1S/C20H29Si/c1-13-14(2)16(4)20(17(5)15(13)3)12-18-9-10-19(11-18)21(6,7)8/h9-11H,12H2,1-8H3. The highest BCUT2D eigenvalue weighted by Gasteiger charge is 2.23. The third kappa shape index (κ3) is 3.08. The van der Waals surface area contributed by atoms with Crippen LogP contribution < -0.4 is 0 Å². The first-order valence-corrected chi connectivity index (χ1v) is 11.4. The molecular formula is C20H29Si. The Morgan fingerprint density at radius 3 is 1.62 bits per heavy atom. The average Bonchev–Trinajstić information content (AvgIpc) is 2.88. The van der Waals surface area contributed by atoms with Crippen molar-refractivity contribution in [3.8, 4) is 0 Å². The van der Waals surface area contributed by atoms with E-state index in [1.807, 2.05) is 0 Å². The molecule has 21 heavy (non-hydrogen) atoms. The summed E-state index contributed by atoms with van der Waals surface area (Å²) >= 11 is 0. The molecular weight excluding hydrogens is 268 g/mol. The van der Waals surface area contributed by atoms with E-state index in [-0.39, 0.29) is 0 Å².